The molecule has 18 heteroatoms. The molecule has 8 rings (SSSR count). The quantitative estimate of drug-likeness (QED) is 0.0471. The van der Waals surface area contributed by atoms with Gasteiger partial charge >= 0.3 is 11.9 Å². The van der Waals surface area contributed by atoms with Crippen LogP contribution >= 0.6 is 46.4 Å². The third-order valence-corrected chi connectivity index (χ3v) is 13.4. The van der Waals surface area contributed by atoms with Crippen LogP contribution in [0.5, 0.6) is 0 Å². The molecular weight excluding hydrogens is 1040 g/mol. The average molecular weight is 1080 g/mol. The summed E-state index contributed by atoms with van der Waals surface area (Å²) in [6.07, 6.45) is 3.68. The van der Waals surface area contributed by atoms with Crippen LogP contribution in [0.2, 0.25) is 20.1 Å². The molecule has 12 nitrogen and oxygen atoms in total. The van der Waals surface area contributed by atoms with E-state index in [4.69, 9.17) is 56.6 Å². The molecule has 0 aliphatic rings. The molecule has 74 heavy (non-hydrogen) atoms. The van der Waals surface area contributed by atoms with Crippen LogP contribution < -0.4 is 11.1 Å². The standard InChI is InChI=1S/2C28H21Cl2FN2O4/c2*1-33-15-19(7-11-27(33)34)26(32-37)14-23(21-10-8-20(29)13-24(21)30)17-4-2-16(3-5-17)18-6-9-22(28(35)36)25(31)12-18/h2*2-13,15,23,37H,14H2,1H3,(H,35,36)/b2*32-26+/t2*23-/m10/s1. The topological polar surface area (TPSA) is 184 Å². The Hall–Kier alpha value is -7.88. The second-order valence-corrected chi connectivity index (χ2v) is 18.6. The third kappa shape index (κ3) is 12.6. The molecule has 0 bridgehead atoms. The number of carbonyl (C=O) groups is 2. The first-order valence-electron chi connectivity index (χ1n) is 22.3. The maximum absolute atomic E-state index is 14.2. The van der Waals surface area contributed by atoms with Crippen LogP contribution in [0.15, 0.2) is 178 Å². The molecule has 2 atom stereocenters. The Morgan fingerprint density at radius 1 is 0.500 bits per heavy atom. The van der Waals surface area contributed by atoms with Crippen molar-refractivity contribution in [3.05, 3.63) is 255 Å². The molecule has 0 unspecified atom stereocenters. The number of carboxylic acids is 2. The predicted octanol–water partition coefficient (Wildman–Crippen LogP) is 13.2. The van der Waals surface area contributed by atoms with E-state index >= 15 is 0 Å². The molecule has 0 radical (unpaired) electrons. The van der Waals surface area contributed by atoms with E-state index in [9.17, 15) is 38.4 Å². The highest BCUT2D eigenvalue weighted by Gasteiger charge is 2.24. The fraction of sp³-hybridized carbons (Fsp3) is 0.107. The molecule has 0 aliphatic heterocycles. The molecule has 4 N–H and O–H groups in total. The summed E-state index contributed by atoms with van der Waals surface area (Å²) in [6.45, 7) is 0. The van der Waals surface area contributed by atoms with Crippen LogP contribution in [0.3, 0.4) is 0 Å². The van der Waals surface area contributed by atoms with Crippen LogP contribution in [0, 0.1) is 11.6 Å². The summed E-state index contributed by atoms with van der Waals surface area (Å²) in [5.41, 5.74) is 6.27. The Labute approximate surface area is 441 Å². The van der Waals surface area contributed by atoms with Crippen LogP contribution in [0.1, 0.15) is 78.8 Å². The van der Waals surface area contributed by atoms with Gasteiger partial charge in [-0.15, -0.1) is 0 Å². The Morgan fingerprint density at radius 3 is 1.15 bits per heavy atom. The molecule has 0 aliphatic carbocycles. The normalized spacial score (nSPS) is 12.4. The number of nitrogens with zero attached hydrogens (tertiary/aromatic N) is 4. The lowest BCUT2D eigenvalue weighted by molar-refractivity contribution is 0.0680. The van der Waals surface area contributed by atoms with Crippen LogP contribution in [0.25, 0.3) is 22.3 Å². The Bertz CT molecular complexity index is 3370. The van der Waals surface area contributed by atoms with E-state index in [-0.39, 0.29) is 35.8 Å². The second-order valence-electron chi connectivity index (χ2n) is 16.9. The van der Waals surface area contributed by atoms with Gasteiger partial charge in [-0.1, -0.05) is 130 Å². The van der Waals surface area contributed by atoms with Crippen LogP contribution in [0.4, 0.5) is 8.78 Å². The van der Waals surface area contributed by atoms with Crippen molar-refractivity contribution in [1.29, 1.82) is 0 Å². The highest BCUT2D eigenvalue weighted by molar-refractivity contribution is 6.35. The highest BCUT2D eigenvalue weighted by Crippen LogP contribution is 2.38. The van der Waals surface area contributed by atoms with Gasteiger partial charge in [0, 0.05) is 94.5 Å². The molecule has 0 saturated carbocycles. The van der Waals surface area contributed by atoms with Gasteiger partial charge in [0.05, 0.1) is 22.6 Å². The van der Waals surface area contributed by atoms with E-state index in [0.717, 1.165) is 22.3 Å². The second kappa shape index (κ2) is 23.8. The lowest BCUT2D eigenvalue weighted by Crippen LogP contribution is -2.18. The van der Waals surface area contributed by atoms with Gasteiger partial charge in [0.15, 0.2) is 0 Å². The van der Waals surface area contributed by atoms with Gasteiger partial charge in [-0.3, -0.25) is 9.59 Å². The van der Waals surface area contributed by atoms with E-state index in [1.165, 1.54) is 45.5 Å². The first-order chi connectivity index (χ1) is 35.3. The SMILES string of the molecule is Cn1cc(/C(C[C@@H](c2ccc(-c3ccc(C(=O)O)c(F)c3)cc2)c2ccc(Cl)cc2Cl)=N/O)ccc1=O.Cn1cc(/C(C[C@H](c2ccc(-c3ccc(C(=O)O)c(F)c3)cc2)c2ccc(Cl)cc2Cl)=N/O)ccc1=O. The number of rotatable bonds is 14. The lowest BCUT2D eigenvalue weighted by atomic mass is 9.85. The van der Waals surface area contributed by atoms with Crippen LogP contribution in [-0.4, -0.2) is 53.1 Å². The average Bonchev–Trinajstić information content (AvgIpc) is 3.37. The molecule has 376 valence electrons. The number of aromatic carboxylic acids is 2. The number of oxime groups is 2. The van der Waals surface area contributed by atoms with E-state index in [0.29, 0.717) is 64.9 Å². The predicted molar refractivity (Wildman–Crippen MR) is 283 cm³/mol. The molecule has 0 spiro atoms. The lowest BCUT2D eigenvalue weighted by Gasteiger charge is -2.21. The minimum absolute atomic E-state index is 0.193. The minimum Gasteiger partial charge on any atom is -0.478 e. The van der Waals surface area contributed by atoms with E-state index in [2.05, 4.69) is 10.3 Å². The smallest absolute Gasteiger partial charge is 0.338 e. The Balaban J connectivity index is 0.000000216. The Morgan fingerprint density at radius 2 is 0.851 bits per heavy atom. The van der Waals surface area contributed by atoms with E-state index < -0.39 is 34.7 Å². The van der Waals surface area contributed by atoms with Gasteiger partial charge < -0.3 is 29.8 Å². The van der Waals surface area contributed by atoms with Crippen molar-refractivity contribution in [1.82, 2.24) is 9.13 Å². The summed E-state index contributed by atoms with van der Waals surface area (Å²) in [5.74, 6) is -5.01. The monoisotopic (exact) mass is 1080 g/mol. The van der Waals surface area contributed by atoms with Gasteiger partial charge in [-0.2, -0.15) is 0 Å². The zero-order valence-electron chi connectivity index (χ0n) is 39.1. The number of hydrogen-bond donors (Lipinski definition) is 4. The fourth-order valence-corrected chi connectivity index (χ4v) is 9.36. The molecule has 0 amide bonds. The number of halogens is 6. The number of carboxylic acid groups (broad SMARTS) is 2. The molecule has 2 heterocycles. The first-order valence-corrected chi connectivity index (χ1v) is 23.8. The summed E-state index contributed by atoms with van der Waals surface area (Å²) >= 11 is 25.3. The first kappa shape index (κ1) is 53.9. The van der Waals surface area contributed by atoms with Crippen molar-refractivity contribution in [2.24, 2.45) is 24.4 Å². The summed E-state index contributed by atoms with van der Waals surface area (Å²) in [7, 11) is 3.22. The zero-order chi connectivity index (χ0) is 53.4. The third-order valence-electron chi connectivity index (χ3n) is 12.2. The minimum atomic E-state index is -1.33. The molecular formula is C56H42Cl4F2N4O8. The van der Waals surface area contributed by atoms with Crippen molar-refractivity contribution in [3.63, 3.8) is 0 Å². The van der Waals surface area contributed by atoms with Crippen molar-refractivity contribution in [2.45, 2.75) is 24.7 Å². The van der Waals surface area contributed by atoms with Gasteiger partial charge in [0.1, 0.15) is 11.6 Å². The molecule has 8 aromatic rings. The van der Waals surface area contributed by atoms with Crippen molar-refractivity contribution < 1.29 is 39.0 Å². The number of pyridine rings is 2. The Kier molecular flexibility index (Phi) is 17.3. The maximum Gasteiger partial charge on any atom is 0.338 e. The van der Waals surface area contributed by atoms with Crippen molar-refractivity contribution >= 4 is 69.8 Å². The van der Waals surface area contributed by atoms with Crippen molar-refractivity contribution in [3.8, 4) is 22.3 Å². The molecule has 0 saturated heterocycles. The summed E-state index contributed by atoms with van der Waals surface area (Å²) in [5, 5.41) is 46.7. The largest absolute Gasteiger partial charge is 0.478 e. The van der Waals surface area contributed by atoms with Gasteiger partial charge in [-0.05, 0) is 105 Å². The maximum atomic E-state index is 14.2. The number of aryl methyl sites for hydroxylation is 2. The highest BCUT2D eigenvalue weighted by atomic mass is 35.5. The zero-order valence-corrected chi connectivity index (χ0v) is 42.1. The number of hydrogen-bond acceptors (Lipinski definition) is 8. The van der Waals surface area contributed by atoms with E-state index in [1.54, 1.807) is 111 Å². The van der Waals surface area contributed by atoms with E-state index in [1.807, 2.05) is 24.3 Å². The number of benzene rings is 6. The van der Waals surface area contributed by atoms with Crippen molar-refractivity contribution in [2.75, 3.05) is 0 Å². The molecule has 2 aromatic heterocycles. The summed E-state index contributed by atoms with van der Waals surface area (Å²) in [6, 6.07) is 38.8. The van der Waals surface area contributed by atoms with Gasteiger partial charge in [0.2, 0.25) is 11.1 Å². The van der Waals surface area contributed by atoms with Gasteiger partial charge in [-0.25, -0.2) is 18.4 Å². The summed E-state index contributed by atoms with van der Waals surface area (Å²) in [4.78, 5) is 45.9. The summed E-state index contributed by atoms with van der Waals surface area (Å²) < 4.78 is 31.2. The van der Waals surface area contributed by atoms with Gasteiger partial charge in [0.25, 0.3) is 0 Å². The molecule has 6 aromatic carbocycles. The van der Waals surface area contributed by atoms with Crippen LogP contribution in [-0.2, 0) is 14.1 Å². The molecule has 0 fully saturated rings. The number of aromatic nitrogens is 2. The fourth-order valence-electron chi connectivity index (χ4n) is 8.28.